The van der Waals surface area contributed by atoms with Gasteiger partial charge in [-0.3, -0.25) is 9.59 Å². The molecule has 4 aromatic heterocycles. The molecule has 0 amide bonds. The zero-order chi connectivity index (χ0) is 26.0. The van der Waals surface area contributed by atoms with Crippen LogP contribution < -0.4 is 10.9 Å². The van der Waals surface area contributed by atoms with E-state index in [4.69, 9.17) is 0 Å². The van der Waals surface area contributed by atoms with Gasteiger partial charge >= 0.3 is 0 Å². The fourth-order valence-electron chi connectivity index (χ4n) is 5.38. The average molecular weight is 567 g/mol. The number of hydrogen-bond acceptors (Lipinski definition) is 6. The Morgan fingerprint density at radius 3 is 1.37 bits per heavy atom. The predicted molar refractivity (Wildman–Crippen MR) is 168 cm³/mol. The normalized spacial score (nSPS) is 11.8. The van der Waals surface area contributed by atoms with Gasteiger partial charge in [0.15, 0.2) is 10.9 Å². The van der Waals surface area contributed by atoms with Gasteiger partial charge < -0.3 is 0 Å². The predicted octanol–water partition coefficient (Wildman–Crippen LogP) is 9.63. The summed E-state index contributed by atoms with van der Waals surface area (Å²) in [5.74, 6) is 0. The molecule has 0 N–H and O–H groups in total. The lowest BCUT2D eigenvalue weighted by Crippen LogP contribution is -2.02. The summed E-state index contributed by atoms with van der Waals surface area (Å²) in [6.45, 7) is 4.27. The summed E-state index contributed by atoms with van der Waals surface area (Å²) >= 11 is 6.59. The largest absolute Gasteiger partial charge is 0.289 e. The van der Waals surface area contributed by atoms with Gasteiger partial charge in [-0.05, 0) is 82.9 Å². The van der Waals surface area contributed by atoms with Crippen molar-refractivity contribution in [3.05, 3.63) is 102 Å². The van der Waals surface area contributed by atoms with Crippen LogP contribution in [-0.2, 0) is 12.8 Å². The van der Waals surface area contributed by atoms with Gasteiger partial charge in [0.2, 0.25) is 0 Å². The zero-order valence-corrected chi connectivity index (χ0v) is 24.1. The summed E-state index contributed by atoms with van der Waals surface area (Å²) < 4.78 is 0. The molecular weight excluding hydrogens is 545 g/mol. The summed E-state index contributed by atoms with van der Waals surface area (Å²) in [4.78, 5) is 35.0. The Morgan fingerprint density at radius 1 is 0.579 bits per heavy atom. The molecule has 0 saturated heterocycles. The van der Waals surface area contributed by atoms with E-state index in [0.29, 0.717) is 0 Å². The molecule has 0 bridgehead atoms. The van der Waals surface area contributed by atoms with Crippen molar-refractivity contribution in [2.24, 2.45) is 0 Å². The van der Waals surface area contributed by atoms with Crippen molar-refractivity contribution in [2.75, 3.05) is 0 Å². The van der Waals surface area contributed by atoms with E-state index in [1.807, 2.05) is 35.0 Å². The summed E-state index contributed by atoms with van der Waals surface area (Å²) in [7, 11) is 0. The monoisotopic (exact) mass is 566 g/mol. The highest BCUT2D eigenvalue weighted by molar-refractivity contribution is 7.16. The molecule has 0 aliphatic rings. The maximum Gasteiger partial charge on any atom is 0.195 e. The van der Waals surface area contributed by atoms with E-state index >= 15 is 0 Å². The fraction of sp³-hybridized carbons (Fsp3) is 0.125. The molecule has 2 nitrogen and oxygen atoms in total. The van der Waals surface area contributed by atoms with Gasteiger partial charge in [-0.25, -0.2) is 0 Å². The Balaban J connectivity index is 1.67. The summed E-state index contributed by atoms with van der Waals surface area (Å²) in [5.41, 5.74) is 3.34. The Morgan fingerprint density at radius 2 is 1.03 bits per heavy atom. The number of rotatable bonds is 6. The van der Waals surface area contributed by atoms with Crippen LogP contribution in [0.3, 0.4) is 0 Å². The maximum atomic E-state index is 14.3. The molecule has 0 radical (unpaired) electrons. The van der Waals surface area contributed by atoms with Crippen molar-refractivity contribution in [1.29, 1.82) is 0 Å². The van der Waals surface area contributed by atoms with Crippen LogP contribution in [0.2, 0.25) is 0 Å². The molecule has 186 valence electrons. The van der Waals surface area contributed by atoms with Crippen molar-refractivity contribution in [1.82, 2.24) is 0 Å². The Hall–Kier alpha value is -3.16. The van der Waals surface area contributed by atoms with Crippen LogP contribution in [0.1, 0.15) is 23.6 Å². The van der Waals surface area contributed by atoms with E-state index in [2.05, 4.69) is 50.2 Å². The van der Waals surface area contributed by atoms with Crippen LogP contribution in [0.4, 0.5) is 0 Å². The molecule has 7 rings (SSSR count). The molecule has 7 aromatic rings. The first-order valence-corrected chi connectivity index (χ1v) is 16.0. The Bertz CT molecular complexity index is 1880. The molecule has 0 atom stereocenters. The van der Waals surface area contributed by atoms with Gasteiger partial charge in [0.25, 0.3) is 0 Å². The zero-order valence-electron chi connectivity index (χ0n) is 20.8. The van der Waals surface area contributed by atoms with E-state index < -0.39 is 0 Å². The van der Waals surface area contributed by atoms with Crippen molar-refractivity contribution < 1.29 is 0 Å². The van der Waals surface area contributed by atoms with Crippen LogP contribution in [-0.4, -0.2) is 0 Å². The second kappa shape index (κ2) is 9.24. The van der Waals surface area contributed by atoms with E-state index in [1.54, 1.807) is 45.3 Å². The minimum atomic E-state index is 0.0483. The van der Waals surface area contributed by atoms with Gasteiger partial charge in [-0.15, -0.1) is 45.3 Å². The number of fused-ring (bicyclic) bond motifs is 2. The number of thiophene rings is 4. The van der Waals surface area contributed by atoms with Crippen LogP contribution in [0, 0.1) is 0 Å². The van der Waals surface area contributed by atoms with Crippen LogP contribution >= 0.6 is 45.3 Å². The lowest BCUT2D eigenvalue weighted by molar-refractivity contribution is 1.19. The minimum absolute atomic E-state index is 0.0483. The third-order valence-electron chi connectivity index (χ3n) is 7.18. The summed E-state index contributed by atoms with van der Waals surface area (Å²) in [5, 5.41) is 7.28. The smallest absolute Gasteiger partial charge is 0.195 e. The van der Waals surface area contributed by atoms with Crippen molar-refractivity contribution in [2.45, 2.75) is 26.7 Å². The first-order chi connectivity index (χ1) is 18.6. The number of aryl methyl sites for hydroxylation is 2. The molecule has 0 saturated carbocycles. The van der Waals surface area contributed by atoms with E-state index in [-0.39, 0.29) is 10.9 Å². The molecular formula is C32H22O2S4. The lowest BCUT2D eigenvalue weighted by Gasteiger charge is -2.09. The fourth-order valence-corrected chi connectivity index (χ4v) is 8.89. The van der Waals surface area contributed by atoms with Gasteiger partial charge in [0, 0.05) is 62.3 Å². The maximum absolute atomic E-state index is 14.3. The highest BCUT2D eigenvalue weighted by Gasteiger charge is 2.27. The van der Waals surface area contributed by atoms with Gasteiger partial charge in [0.05, 0.1) is 0 Å². The lowest BCUT2D eigenvalue weighted by atomic mass is 9.95. The number of hydrogen-bond donors (Lipinski definition) is 0. The quantitative estimate of drug-likeness (QED) is 0.201. The van der Waals surface area contributed by atoms with Crippen LogP contribution in [0.15, 0.2) is 81.0 Å². The average Bonchev–Trinajstić information content (AvgIpc) is 3.75. The van der Waals surface area contributed by atoms with E-state index in [0.717, 1.165) is 76.1 Å². The third kappa shape index (κ3) is 3.55. The third-order valence-corrected chi connectivity index (χ3v) is 11.5. The highest BCUT2D eigenvalue weighted by Crippen LogP contribution is 2.47. The molecule has 0 aliphatic carbocycles. The Labute approximate surface area is 235 Å². The van der Waals surface area contributed by atoms with E-state index in [9.17, 15) is 9.59 Å². The first kappa shape index (κ1) is 23.9. The number of benzene rings is 1. The summed E-state index contributed by atoms with van der Waals surface area (Å²) in [6, 6.07) is 20.6. The molecule has 38 heavy (non-hydrogen) atoms. The summed E-state index contributed by atoms with van der Waals surface area (Å²) in [6.07, 6.45) is 1.89. The molecule has 0 spiro atoms. The van der Waals surface area contributed by atoms with Crippen molar-refractivity contribution in [3.63, 3.8) is 0 Å². The van der Waals surface area contributed by atoms with Crippen LogP contribution in [0.25, 0.3) is 63.3 Å². The van der Waals surface area contributed by atoms with Gasteiger partial charge in [-0.2, -0.15) is 0 Å². The van der Waals surface area contributed by atoms with Gasteiger partial charge in [0.1, 0.15) is 0 Å². The highest BCUT2D eigenvalue weighted by atomic mass is 32.1. The minimum Gasteiger partial charge on any atom is -0.289 e. The molecule has 4 heterocycles. The first-order valence-electron chi connectivity index (χ1n) is 12.6. The second-order valence-electron chi connectivity index (χ2n) is 9.30. The molecule has 0 unspecified atom stereocenters. The van der Waals surface area contributed by atoms with Gasteiger partial charge in [-0.1, -0.05) is 26.0 Å². The van der Waals surface area contributed by atoms with Crippen molar-refractivity contribution in [3.8, 4) is 41.8 Å². The molecule has 3 aromatic carbocycles. The molecule has 6 heteroatoms. The SMILES string of the molecule is CCc1ccc(-c2cc3c(-c4cccs4)c4c(=O)c(-c5ccc(CC)s5)cc4c(-c4cccs4)c3c2=O)s1. The standard InChI is InChI=1S/C32H22O2S4/c1-3-17-9-11-23(37-17)19-15-21-27(25-7-5-13-35-25)30-22(28(29(21)31(19)33)26-8-6-14-36-26)16-20(32(30)34)24-12-10-18(4-2)38-24/h5-16H,3-4H2,1-2H3. The molecule has 0 fully saturated rings. The topological polar surface area (TPSA) is 34.1 Å². The van der Waals surface area contributed by atoms with Crippen LogP contribution in [0.5, 0.6) is 0 Å². The van der Waals surface area contributed by atoms with Crippen molar-refractivity contribution >= 4 is 66.9 Å². The second-order valence-corrected chi connectivity index (χ2v) is 13.5. The Kier molecular flexibility index (Phi) is 5.82. The molecule has 0 aliphatic heterocycles. The van der Waals surface area contributed by atoms with E-state index in [1.165, 1.54) is 9.75 Å².